The fourth-order valence-electron chi connectivity index (χ4n) is 4.04. The molecule has 1 aromatic carbocycles. The maximum absolute atomic E-state index is 2.33. The Bertz CT molecular complexity index is 332. The normalized spacial score (nSPS) is 28.4. The molecule has 0 saturated heterocycles. The Hall–Kier alpha value is -0.780. The predicted octanol–water partition coefficient (Wildman–Crippen LogP) is 4.90. The highest BCUT2D eigenvalue weighted by Crippen LogP contribution is 2.52. The molecule has 1 unspecified atom stereocenters. The van der Waals surface area contributed by atoms with Crippen LogP contribution in [0.3, 0.4) is 0 Å². The van der Waals surface area contributed by atoms with Crippen molar-refractivity contribution in [1.29, 1.82) is 0 Å². The zero-order valence-electron chi connectivity index (χ0n) is 10.1. The van der Waals surface area contributed by atoms with E-state index in [9.17, 15) is 0 Å². The number of hydrogen-bond donors (Lipinski definition) is 0. The van der Waals surface area contributed by atoms with E-state index in [0.29, 0.717) is 0 Å². The van der Waals surface area contributed by atoms with Gasteiger partial charge in [0.1, 0.15) is 0 Å². The van der Waals surface area contributed by atoms with E-state index in [1.54, 1.807) is 5.56 Å². The quantitative estimate of drug-likeness (QED) is 0.623. The van der Waals surface area contributed by atoms with Gasteiger partial charge in [0, 0.05) is 0 Å². The summed E-state index contributed by atoms with van der Waals surface area (Å²) in [6.07, 6.45) is 11.9. The molecule has 0 N–H and O–H groups in total. The summed E-state index contributed by atoms with van der Waals surface area (Å²) in [6.45, 7) is 0. The first-order valence-electron chi connectivity index (χ1n) is 6.93. The molecule has 0 amide bonds. The minimum atomic E-state index is 0.749. The molecule has 2 fully saturated rings. The summed E-state index contributed by atoms with van der Waals surface area (Å²) in [7, 11) is 0. The third-order valence-electron chi connectivity index (χ3n) is 4.87. The van der Waals surface area contributed by atoms with Crippen molar-refractivity contribution in [3.05, 3.63) is 35.9 Å². The van der Waals surface area contributed by atoms with Gasteiger partial charge in [-0.25, -0.2) is 0 Å². The molecule has 16 heavy (non-hydrogen) atoms. The lowest BCUT2D eigenvalue weighted by molar-refractivity contribution is 0.176. The number of rotatable bonds is 1. The topological polar surface area (TPSA) is 0 Å². The van der Waals surface area contributed by atoms with Crippen LogP contribution in [-0.4, -0.2) is 0 Å². The molecule has 3 rings (SSSR count). The molecule has 0 aliphatic heterocycles. The lowest BCUT2D eigenvalue weighted by Crippen LogP contribution is -2.24. The van der Waals surface area contributed by atoms with E-state index in [-0.39, 0.29) is 0 Å². The highest BCUT2D eigenvalue weighted by molar-refractivity contribution is 5.20. The van der Waals surface area contributed by atoms with Crippen molar-refractivity contribution in [1.82, 2.24) is 0 Å². The third-order valence-corrected chi connectivity index (χ3v) is 4.87. The van der Waals surface area contributed by atoms with E-state index in [1.165, 1.54) is 51.4 Å². The second kappa shape index (κ2) is 4.24. The Kier molecular flexibility index (Phi) is 2.75. The fraction of sp³-hybridized carbons (Fsp3) is 0.625. The summed E-state index contributed by atoms with van der Waals surface area (Å²) < 4.78 is 0. The van der Waals surface area contributed by atoms with Gasteiger partial charge in [-0.05, 0) is 49.0 Å². The van der Waals surface area contributed by atoms with Gasteiger partial charge >= 0.3 is 0 Å². The standard InChI is InChI=1S/C16H22/c1-2-7-14(8-3-1)15-9-6-12-16(13-15)10-4-5-11-16/h1-3,7-8,15H,4-6,9-13H2. The van der Waals surface area contributed by atoms with Crippen LogP contribution in [0.2, 0.25) is 0 Å². The minimum Gasteiger partial charge on any atom is -0.0622 e. The maximum Gasteiger partial charge on any atom is -0.0157 e. The number of benzene rings is 1. The summed E-state index contributed by atoms with van der Waals surface area (Å²) >= 11 is 0. The van der Waals surface area contributed by atoms with Crippen LogP contribution in [-0.2, 0) is 0 Å². The van der Waals surface area contributed by atoms with E-state index in [1.807, 2.05) is 0 Å². The van der Waals surface area contributed by atoms with Crippen molar-refractivity contribution in [3.63, 3.8) is 0 Å². The van der Waals surface area contributed by atoms with Crippen molar-refractivity contribution in [3.8, 4) is 0 Å². The predicted molar refractivity (Wildman–Crippen MR) is 68.6 cm³/mol. The molecule has 2 aliphatic rings. The lowest BCUT2D eigenvalue weighted by atomic mass is 9.67. The highest BCUT2D eigenvalue weighted by atomic mass is 14.4. The van der Waals surface area contributed by atoms with Crippen LogP contribution in [0.25, 0.3) is 0 Å². The van der Waals surface area contributed by atoms with Crippen LogP contribution in [0.4, 0.5) is 0 Å². The minimum absolute atomic E-state index is 0.749. The van der Waals surface area contributed by atoms with E-state index in [2.05, 4.69) is 30.3 Å². The van der Waals surface area contributed by atoms with E-state index in [4.69, 9.17) is 0 Å². The van der Waals surface area contributed by atoms with Crippen LogP contribution in [0.15, 0.2) is 30.3 Å². The van der Waals surface area contributed by atoms with Gasteiger partial charge in [-0.1, -0.05) is 49.6 Å². The zero-order valence-corrected chi connectivity index (χ0v) is 10.1. The Balaban J connectivity index is 1.77. The van der Waals surface area contributed by atoms with Crippen molar-refractivity contribution in [2.75, 3.05) is 0 Å². The summed E-state index contributed by atoms with van der Waals surface area (Å²) in [6, 6.07) is 11.2. The molecule has 0 nitrogen and oxygen atoms in total. The molecule has 1 atom stereocenters. The molecule has 0 heteroatoms. The molecule has 0 aromatic heterocycles. The van der Waals surface area contributed by atoms with Crippen molar-refractivity contribution >= 4 is 0 Å². The lowest BCUT2D eigenvalue weighted by Gasteiger charge is -2.38. The van der Waals surface area contributed by atoms with Crippen molar-refractivity contribution in [2.24, 2.45) is 5.41 Å². The van der Waals surface area contributed by atoms with Gasteiger partial charge in [0.25, 0.3) is 0 Å². The Morgan fingerprint density at radius 1 is 0.875 bits per heavy atom. The molecule has 1 aromatic rings. The first-order valence-corrected chi connectivity index (χ1v) is 6.93. The molecule has 0 heterocycles. The molecule has 0 bridgehead atoms. The largest absolute Gasteiger partial charge is 0.0622 e. The Morgan fingerprint density at radius 3 is 2.31 bits per heavy atom. The van der Waals surface area contributed by atoms with Gasteiger partial charge < -0.3 is 0 Å². The first-order chi connectivity index (χ1) is 7.88. The summed E-state index contributed by atoms with van der Waals surface area (Å²) in [5.41, 5.74) is 2.34. The molecular formula is C16H22. The van der Waals surface area contributed by atoms with Gasteiger partial charge in [-0.15, -0.1) is 0 Å². The van der Waals surface area contributed by atoms with Crippen LogP contribution in [0.1, 0.15) is 62.8 Å². The van der Waals surface area contributed by atoms with Gasteiger partial charge in [-0.3, -0.25) is 0 Å². The van der Waals surface area contributed by atoms with Crippen LogP contribution in [0.5, 0.6) is 0 Å². The van der Waals surface area contributed by atoms with Crippen molar-refractivity contribution in [2.45, 2.75) is 57.3 Å². The van der Waals surface area contributed by atoms with Gasteiger partial charge in [0.15, 0.2) is 0 Å². The monoisotopic (exact) mass is 214 g/mol. The molecular weight excluding hydrogens is 192 g/mol. The first kappa shape index (κ1) is 10.4. The second-order valence-corrected chi connectivity index (χ2v) is 5.91. The Morgan fingerprint density at radius 2 is 1.56 bits per heavy atom. The van der Waals surface area contributed by atoms with Crippen LogP contribution >= 0.6 is 0 Å². The molecule has 1 spiro atoms. The fourth-order valence-corrected chi connectivity index (χ4v) is 4.04. The molecule has 2 saturated carbocycles. The zero-order chi connectivity index (χ0) is 10.8. The van der Waals surface area contributed by atoms with Gasteiger partial charge in [-0.2, -0.15) is 0 Å². The molecule has 0 radical (unpaired) electrons. The smallest absolute Gasteiger partial charge is 0.0157 e. The summed E-state index contributed by atoms with van der Waals surface area (Å²) in [5.74, 6) is 0.855. The average Bonchev–Trinajstić information content (AvgIpc) is 2.78. The van der Waals surface area contributed by atoms with Gasteiger partial charge in [0.05, 0.1) is 0 Å². The average molecular weight is 214 g/mol. The van der Waals surface area contributed by atoms with Crippen LogP contribution < -0.4 is 0 Å². The molecule has 86 valence electrons. The number of hydrogen-bond acceptors (Lipinski definition) is 0. The second-order valence-electron chi connectivity index (χ2n) is 5.91. The van der Waals surface area contributed by atoms with Crippen LogP contribution in [0, 0.1) is 5.41 Å². The third kappa shape index (κ3) is 1.90. The highest BCUT2D eigenvalue weighted by Gasteiger charge is 2.38. The summed E-state index contributed by atoms with van der Waals surface area (Å²) in [4.78, 5) is 0. The van der Waals surface area contributed by atoms with E-state index in [0.717, 1.165) is 11.3 Å². The van der Waals surface area contributed by atoms with Crippen molar-refractivity contribution < 1.29 is 0 Å². The van der Waals surface area contributed by atoms with E-state index < -0.39 is 0 Å². The summed E-state index contributed by atoms with van der Waals surface area (Å²) in [5, 5.41) is 0. The Labute approximate surface area is 99.1 Å². The van der Waals surface area contributed by atoms with E-state index >= 15 is 0 Å². The maximum atomic E-state index is 2.33. The molecule has 2 aliphatic carbocycles. The SMILES string of the molecule is c1ccc(C2CCCC3(CCCC3)C2)cc1. The van der Waals surface area contributed by atoms with Gasteiger partial charge in [0.2, 0.25) is 0 Å².